The molecule has 3 heterocycles. The summed E-state index contributed by atoms with van der Waals surface area (Å²) in [4.78, 5) is 15.5. The van der Waals surface area contributed by atoms with Gasteiger partial charge in [-0.3, -0.25) is 0 Å². The molecule has 3 aromatic heterocycles. The van der Waals surface area contributed by atoms with Gasteiger partial charge in [0.2, 0.25) is 0 Å². The Balaban J connectivity index is 1.20. The maximum atomic E-state index is 5.21. The quantitative estimate of drug-likeness (QED) is 0.169. The molecule has 0 amide bonds. The molecule has 0 aliphatic carbocycles. The van der Waals surface area contributed by atoms with E-state index in [1.54, 1.807) is 0 Å². The van der Waals surface area contributed by atoms with Gasteiger partial charge in [-0.1, -0.05) is 133 Å². The topological polar surface area (TPSA) is 43.6 Å². The highest BCUT2D eigenvalue weighted by Gasteiger charge is 2.19. The average molecular weight is 775 g/mol. The van der Waals surface area contributed by atoms with Gasteiger partial charge in [-0.05, 0) is 103 Å². The van der Waals surface area contributed by atoms with Crippen molar-refractivity contribution in [2.45, 2.75) is 20.8 Å². The van der Waals surface area contributed by atoms with Crippen LogP contribution in [0.25, 0.3) is 104 Å². The van der Waals surface area contributed by atoms with Gasteiger partial charge in [-0.2, -0.15) is 0 Å². The third-order valence-corrected chi connectivity index (χ3v) is 12.6. The van der Waals surface area contributed by atoms with Crippen LogP contribution in [0.1, 0.15) is 16.7 Å². The third kappa shape index (κ3) is 6.10. The highest BCUT2D eigenvalue weighted by Crippen LogP contribution is 2.41. The van der Waals surface area contributed by atoms with Crippen LogP contribution in [-0.2, 0) is 0 Å². The Morgan fingerprint density at radius 3 is 1.64 bits per heavy atom. The molecule has 11 aromatic rings. The fraction of sp³-hybridized carbons (Fsp3) is 0.0556. The van der Waals surface area contributed by atoms with Crippen LogP contribution in [0, 0.1) is 20.8 Å². The van der Waals surface area contributed by atoms with Gasteiger partial charge < -0.3 is 4.57 Å². The van der Waals surface area contributed by atoms with E-state index in [9.17, 15) is 0 Å². The summed E-state index contributed by atoms with van der Waals surface area (Å²) in [5.41, 5.74) is 14.7. The molecule has 0 atom stereocenters. The number of fused-ring (bicyclic) bond motifs is 6. The summed E-state index contributed by atoms with van der Waals surface area (Å²) in [5, 5.41) is 4.96. The van der Waals surface area contributed by atoms with Crippen LogP contribution in [0.2, 0.25) is 0 Å². The highest BCUT2D eigenvalue weighted by atomic mass is 32.1. The van der Waals surface area contributed by atoms with Gasteiger partial charge in [0.05, 0.1) is 11.0 Å². The van der Waals surface area contributed by atoms with E-state index in [-0.39, 0.29) is 0 Å². The number of thiophene rings is 1. The lowest BCUT2D eigenvalue weighted by atomic mass is 9.93. The van der Waals surface area contributed by atoms with Crippen LogP contribution in [0.5, 0.6) is 0 Å². The molecule has 0 aliphatic rings. The van der Waals surface area contributed by atoms with Crippen LogP contribution >= 0.6 is 11.3 Å². The fourth-order valence-corrected chi connectivity index (χ4v) is 10.0. The van der Waals surface area contributed by atoms with E-state index in [1.807, 2.05) is 47.7 Å². The van der Waals surface area contributed by atoms with Gasteiger partial charge in [0.15, 0.2) is 17.5 Å². The molecule has 0 N–H and O–H groups in total. The van der Waals surface area contributed by atoms with Crippen LogP contribution in [0.3, 0.4) is 0 Å². The van der Waals surface area contributed by atoms with Crippen molar-refractivity contribution in [1.29, 1.82) is 0 Å². The van der Waals surface area contributed by atoms with Crippen LogP contribution < -0.4 is 0 Å². The van der Waals surface area contributed by atoms with Crippen molar-refractivity contribution in [3.63, 3.8) is 0 Å². The van der Waals surface area contributed by atoms with E-state index in [0.717, 1.165) is 44.5 Å². The molecule has 0 radical (unpaired) electrons. The van der Waals surface area contributed by atoms with Gasteiger partial charge in [0, 0.05) is 53.3 Å². The SMILES string of the molecule is Cc1cc(C)c(-c2ccc3c4ccccc4n(-c4cc(-c5ccc6sc7ccccc7c6c5)cc(-c5nc(-c6ccccc6)nc(-c6ccccc6)n5)c4)c3c2)c(C)c1. The van der Waals surface area contributed by atoms with Gasteiger partial charge >= 0.3 is 0 Å². The smallest absolute Gasteiger partial charge is 0.164 e. The van der Waals surface area contributed by atoms with Crippen LogP contribution in [0.4, 0.5) is 0 Å². The normalized spacial score (nSPS) is 11.6. The summed E-state index contributed by atoms with van der Waals surface area (Å²) in [6.07, 6.45) is 0. The molecule has 0 aliphatic heterocycles. The predicted molar refractivity (Wildman–Crippen MR) is 248 cm³/mol. The van der Waals surface area contributed by atoms with Crippen molar-refractivity contribution in [3.05, 3.63) is 193 Å². The van der Waals surface area contributed by atoms with Crippen molar-refractivity contribution in [1.82, 2.24) is 19.5 Å². The van der Waals surface area contributed by atoms with Gasteiger partial charge in [-0.25, -0.2) is 15.0 Å². The molecular formula is C54H38N4S. The third-order valence-electron chi connectivity index (χ3n) is 11.5. The molecule has 5 heteroatoms. The van der Waals surface area contributed by atoms with E-state index < -0.39 is 0 Å². The second-order valence-electron chi connectivity index (χ2n) is 15.5. The van der Waals surface area contributed by atoms with Crippen molar-refractivity contribution in [2.24, 2.45) is 0 Å². The number of hydrogen-bond donors (Lipinski definition) is 0. The molecule has 11 rings (SSSR count). The minimum Gasteiger partial charge on any atom is -0.309 e. The number of aryl methyl sites for hydroxylation is 3. The standard InChI is InChI=1S/C54H38N4S/c1-33-26-34(2)51(35(3)27-33)39-22-24-44-43-18-10-12-20-47(43)58(48(44)32-39)42-29-40(38-23-25-50-46(31-38)45-19-11-13-21-49(45)59-50)28-41(30-42)54-56-52(36-14-6-4-7-15-36)55-53(57-54)37-16-8-5-9-17-37/h4-32H,1-3H3. The van der Waals surface area contributed by atoms with E-state index >= 15 is 0 Å². The number of hydrogen-bond acceptors (Lipinski definition) is 4. The van der Waals surface area contributed by atoms with Crippen LogP contribution in [-0.4, -0.2) is 19.5 Å². The summed E-state index contributed by atoms with van der Waals surface area (Å²) in [6, 6.07) is 63.1. The molecule has 280 valence electrons. The first-order valence-electron chi connectivity index (χ1n) is 20.0. The molecule has 59 heavy (non-hydrogen) atoms. The largest absolute Gasteiger partial charge is 0.309 e. The predicted octanol–water partition coefficient (Wildman–Crippen LogP) is 14.6. The number of para-hydroxylation sites is 1. The van der Waals surface area contributed by atoms with Crippen molar-refractivity contribution >= 4 is 53.3 Å². The van der Waals surface area contributed by atoms with Gasteiger partial charge in [0.1, 0.15) is 0 Å². The Bertz CT molecular complexity index is 3330. The highest BCUT2D eigenvalue weighted by molar-refractivity contribution is 7.25. The first kappa shape index (κ1) is 35.0. The van der Waals surface area contributed by atoms with Crippen molar-refractivity contribution < 1.29 is 0 Å². The average Bonchev–Trinajstić information content (AvgIpc) is 3.81. The summed E-state index contributed by atoms with van der Waals surface area (Å²) in [7, 11) is 0. The van der Waals surface area contributed by atoms with E-state index in [0.29, 0.717) is 17.5 Å². The fourth-order valence-electron chi connectivity index (χ4n) is 8.92. The molecule has 4 nitrogen and oxygen atoms in total. The summed E-state index contributed by atoms with van der Waals surface area (Å²) in [6.45, 7) is 6.62. The van der Waals surface area contributed by atoms with E-state index in [2.05, 4.69) is 165 Å². The Morgan fingerprint density at radius 1 is 0.373 bits per heavy atom. The molecule has 0 saturated carbocycles. The summed E-state index contributed by atoms with van der Waals surface area (Å²) in [5.74, 6) is 1.89. The minimum atomic E-state index is 0.621. The number of nitrogens with zero attached hydrogens (tertiary/aromatic N) is 4. The molecule has 8 aromatic carbocycles. The minimum absolute atomic E-state index is 0.621. The molecule has 0 unspecified atom stereocenters. The number of aromatic nitrogens is 4. The lowest BCUT2D eigenvalue weighted by molar-refractivity contribution is 1.07. The summed E-state index contributed by atoms with van der Waals surface area (Å²) < 4.78 is 5.00. The van der Waals surface area contributed by atoms with Gasteiger partial charge in [0.25, 0.3) is 0 Å². The van der Waals surface area contributed by atoms with Crippen LogP contribution in [0.15, 0.2) is 176 Å². The maximum Gasteiger partial charge on any atom is 0.164 e. The van der Waals surface area contributed by atoms with Crippen molar-refractivity contribution in [2.75, 3.05) is 0 Å². The number of benzene rings is 8. The lowest BCUT2D eigenvalue weighted by Crippen LogP contribution is -2.02. The molecule has 0 bridgehead atoms. The molecular weight excluding hydrogens is 737 g/mol. The number of rotatable bonds is 6. The van der Waals surface area contributed by atoms with Gasteiger partial charge in [-0.15, -0.1) is 11.3 Å². The van der Waals surface area contributed by atoms with Crippen molar-refractivity contribution in [3.8, 4) is 62.1 Å². The zero-order valence-corrected chi connectivity index (χ0v) is 33.8. The zero-order valence-electron chi connectivity index (χ0n) is 32.9. The maximum absolute atomic E-state index is 5.21. The Labute approximate surface area is 346 Å². The summed E-state index contributed by atoms with van der Waals surface area (Å²) >= 11 is 1.84. The second-order valence-corrected chi connectivity index (χ2v) is 16.6. The lowest BCUT2D eigenvalue weighted by Gasteiger charge is -2.16. The molecule has 0 saturated heterocycles. The second kappa shape index (κ2) is 14.0. The van der Waals surface area contributed by atoms with E-state index in [1.165, 1.54) is 58.8 Å². The zero-order chi connectivity index (χ0) is 39.6. The Hall–Kier alpha value is -7.21. The monoisotopic (exact) mass is 774 g/mol. The molecule has 0 fully saturated rings. The first-order chi connectivity index (χ1) is 28.9. The molecule has 0 spiro atoms. The Kier molecular flexibility index (Phi) is 8.31. The Morgan fingerprint density at radius 2 is 0.932 bits per heavy atom. The first-order valence-corrected chi connectivity index (χ1v) is 20.8. The van der Waals surface area contributed by atoms with E-state index in [4.69, 9.17) is 15.0 Å².